The summed E-state index contributed by atoms with van der Waals surface area (Å²) in [5.74, 6) is 1.94. The van der Waals surface area contributed by atoms with E-state index in [1.54, 1.807) is 0 Å². The maximum atomic E-state index is 6.10. The topological polar surface area (TPSA) is 51.8 Å². The first-order valence-corrected chi connectivity index (χ1v) is 17.6. The minimum atomic E-state index is 0.188. The summed E-state index contributed by atoms with van der Waals surface area (Å²) < 4.78 is 8.91. The van der Waals surface area contributed by atoms with Crippen molar-refractivity contribution in [1.82, 2.24) is 15.0 Å². The van der Waals surface area contributed by atoms with Gasteiger partial charge in [-0.1, -0.05) is 12.1 Å². The van der Waals surface area contributed by atoms with E-state index in [0.29, 0.717) is 17.5 Å². The van der Waals surface area contributed by atoms with Gasteiger partial charge in [0.25, 0.3) is 0 Å². The van der Waals surface area contributed by atoms with Gasteiger partial charge in [-0.05, 0) is 6.07 Å². The Hall–Kier alpha value is -5.87. The standard InChI is InChI=1S/C43H25N3OSe/c1-2-10-27(11-3-1)41-44-42(30-19-21-38-35(24-30)33-13-6-7-16-37(33)47-38)46-43(45-41)31-20-22-39-36(25-31)34-15-8-14-32(40(34)48-39)29-18-17-26-9-4-5-12-28(26)23-29/h1-25H. The van der Waals surface area contributed by atoms with E-state index in [1.807, 2.05) is 60.7 Å². The molecule has 0 aliphatic heterocycles. The van der Waals surface area contributed by atoms with Crippen LogP contribution in [0.4, 0.5) is 0 Å². The molecule has 0 N–H and O–H groups in total. The van der Waals surface area contributed by atoms with Crippen molar-refractivity contribution in [2.24, 2.45) is 0 Å². The van der Waals surface area contributed by atoms with Crippen molar-refractivity contribution in [3.8, 4) is 45.3 Å². The fraction of sp³-hybridized carbons (Fsp3) is 0. The molecule has 0 amide bonds. The van der Waals surface area contributed by atoms with E-state index in [1.165, 1.54) is 41.2 Å². The van der Waals surface area contributed by atoms with Gasteiger partial charge < -0.3 is 0 Å². The Balaban J connectivity index is 1.14. The van der Waals surface area contributed by atoms with E-state index in [2.05, 4.69) is 91.0 Å². The molecule has 0 aliphatic carbocycles. The zero-order valence-electron chi connectivity index (χ0n) is 25.6. The van der Waals surface area contributed by atoms with Crippen molar-refractivity contribution in [3.63, 3.8) is 0 Å². The van der Waals surface area contributed by atoms with E-state index < -0.39 is 0 Å². The number of benzene rings is 7. The molecule has 7 aromatic carbocycles. The van der Waals surface area contributed by atoms with Crippen molar-refractivity contribution in [2.45, 2.75) is 0 Å². The van der Waals surface area contributed by atoms with E-state index in [9.17, 15) is 0 Å². The molecule has 0 radical (unpaired) electrons. The summed E-state index contributed by atoms with van der Waals surface area (Å²) in [6.07, 6.45) is 0. The average molecular weight is 679 g/mol. The average Bonchev–Trinajstić information content (AvgIpc) is 3.72. The molecule has 0 spiro atoms. The number of aromatic nitrogens is 3. The Morgan fingerprint density at radius 1 is 0.396 bits per heavy atom. The van der Waals surface area contributed by atoms with Gasteiger partial charge in [-0.3, -0.25) is 0 Å². The van der Waals surface area contributed by atoms with Crippen LogP contribution < -0.4 is 0 Å². The quantitative estimate of drug-likeness (QED) is 0.174. The molecular weight excluding hydrogens is 653 g/mol. The van der Waals surface area contributed by atoms with Gasteiger partial charge in [-0.15, -0.1) is 0 Å². The van der Waals surface area contributed by atoms with Gasteiger partial charge in [-0.2, -0.15) is 0 Å². The molecule has 10 rings (SSSR count). The van der Waals surface area contributed by atoms with Crippen LogP contribution in [0.2, 0.25) is 0 Å². The summed E-state index contributed by atoms with van der Waals surface area (Å²) in [6.45, 7) is 0. The van der Waals surface area contributed by atoms with E-state index in [0.717, 1.165) is 38.6 Å². The molecule has 0 aliphatic rings. The molecular formula is C43H25N3OSe. The molecule has 0 saturated heterocycles. The molecule has 4 nitrogen and oxygen atoms in total. The van der Waals surface area contributed by atoms with Gasteiger partial charge in [0.05, 0.1) is 0 Å². The van der Waals surface area contributed by atoms with Crippen LogP contribution >= 0.6 is 0 Å². The monoisotopic (exact) mass is 679 g/mol. The summed E-state index contributed by atoms with van der Waals surface area (Å²) in [6, 6.07) is 53.2. The molecule has 10 aromatic rings. The number of furan rings is 1. The fourth-order valence-corrected chi connectivity index (χ4v) is 9.29. The molecule has 224 valence electrons. The summed E-state index contributed by atoms with van der Waals surface area (Å²) in [7, 11) is 0. The molecule has 0 fully saturated rings. The number of para-hydroxylation sites is 1. The van der Waals surface area contributed by atoms with Crippen LogP contribution in [0.15, 0.2) is 156 Å². The van der Waals surface area contributed by atoms with Crippen molar-refractivity contribution in [3.05, 3.63) is 152 Å². The van der Waals surface area contributed by atoms with Crippen LogP contribution in [0.25, 0.3) is 97.3 Å². The van der Waals surface area contributed by atoms with Crippen LogP contribution in [0.5, 0.6) is 0 Å². The van der Waals surface area contributed by atoms with Gasteiger partial charge in [0.2, 0.25) is 0 Å². The Kier molecular flexibility index (Phi) is 6.16. The van der Waals surface area contributed by atoms with Gasteiger partial charge in [-0.25, -0.2) is 0 Å². The third-order valence-electron chi connectivity index (χ3n) is 9.12. The Morgan fingerprint density at radius 3 is 1.90 bits per heavy atom. The summed E-state index contributed by atoms with van der Waals surface area (Å²) >= 11 is 0.188. The molecule has 0 saturated carbocycles. The van der Waals surface area contributed by atoms with Crippen LogP contribution in [-0.2, 0) is 0 Å². The summed E-state index contributed by atoms with van der Waals surface area (Å²) in [5.41, 5.74) is 7.14. The normalized spacial score (nSPS) is 11.8. The van der Waals surface area contributed by atoms with Gasteiger partial charge in [0.1, 0.15) is 0 Å². The third-order valence-corrected chi connectivity index (χ3v) is 11.7. The zero-order chi connectivity index (χ0) is 31.6. The predicted octanol–water partition coefficient (Wildman–Crippen LogP) is 11.0. The Bertz CT molecular complexity index is 2850. The van der Waals surface area contributed by atoms with E-state index >= 15 is 0 Å². The summed E-state index contributed by atoms with van der Waals surface area (Å²) in [4.78, 5) is 15.1. The second-order valence-corrected chi connectivity index (χ2v) is 14.2. The van der Waals surface area contributed by atoms with Crippen LogP contribution in [0.1, 0.15) is 0 Å². The van der Waals surface area contributed by atoms with Gasteiger partial charge in [0, 0.05) is 0 Å². The van der Waals surface area contributed by atoms with Crippen LogP contribution in [0.3, 0.4) is 0 Å². The van der Waals surface area contributed by atoms with Crippen molar-refractivity contribution in [1.29, 1.82) is 0 Å². The Labute approximate surface area is 281 Å². The molecule has 0 unspecified atom stereocenters. The number of nitrogens with zero attached hydrogens (tertiary/aromatic N) is 3. The first kappa shape index (κ1) is 27.3. The van der Waals surface area contributed by atoms with Crippen LogP contribution in [-0.4, -0.2) is 29.5 Å². The van der Waals surface area contributed by atoms with Crippen molar-refractivity contribution < 1.29 is 4.42 Å². The predicted molar refractivity (Wildman–Crippen MR) is 198 cm³/mol. The van der Waals surface area contributed by atoms with Gasteiger partial charge in [0.15, 0.2) is 0 Å². The van der Waals surface area contributed by atoms with Crippen molar-refractivity contribution >= 4 is 66.5 Å². The maximum absolute atomic E-state index is 6.10. The molecule has 5 heteroatoms. The van der Waals surface area contributed by atoms with Crippen molar-refractivity contribution in [2.75, 3.05) is 0 Å². The van der Waals surface area contributed by atoms with E-state index in [-0.39, 0.29) is 14.5 Å². The van der Waals surface area contributed by atoms with E-state index in [4.69, 9.17) is 19.4 Å². The minimum absolute atomic E-state index is 0.188. The number of rotatable bonds is 4. The SMILES string of the molecule is c1ccc(-c2nc(-c3ccc4oc5ccccc5c4c3)nc(-c3ccc4[se]c5c(-c6ccc7ccccc7c6)cccc5c4c3)n2)cc1. The molecule has 0 atom stereocenters. The molecule has 3 heterocycles. The second kappa shape index (κ2) is 10.9. The van der Waals surface area contributed by atoms with Gasteiger partial charge >= 0.3 is 265 Å². The zero-order valence-corrected chi connectivity index (χ0v) is 27.3. The number of hydrogen-bond donors (Lipinski definition) is 0. The second-order valence-electron chi connectivity index (χ2n) is 12.0. The summed E-state index contributed by atoms with van der Waals surface area (Å²) in [5, 5.41) is 7.21. The Morgan fingerprint density at radius 2 is 1.04 bits per heavy atom. The first-order valence-electron chi connectivity index (χ1n) is 15.9. The first-order chi connectivity index (χ1) is 23.7. The molecule has 48 heavy (non-hydrogen) atoms. The number of hydrogen-bond acceptors (Lipinski definition) is 4. The molecule has 0 bridgehead atoms. The number of fused-ring (bicyclic) bond motifs is 7. The molecule has 3 aromatic heterocycles. The third kappa shape index (κ3) is 4.48. The van der Waals surface area contributed by atoms with Crippen LogP contribution in [0, 0.1) is 0 Å². The fourth-order valence-electron chi connectivity index (χ4n) is 6.74.